The summed E-state index contributed by atoms with van der Waals surface area (Å²) in [6.45, 7) is 20.8. The second kappa shape index (κ2) is 6.78. The molecule has 0 saturated heterocycles. The van der Waals surface area contributed by atoms with Crippen molar-refractivity contribution in [3.8, 4) is 0 Å². The Bertz CT molecular complexity index is 257. The van der Waals surface area contributed by atoms with E-state index in [-0.39, 0.29) is 0 Å². The summed E-state index contributed by atoms with van der Waals surface area (Å²) in [4.78, 5) is 0. The second-order valence-electron chi connectivity index (χ2n) is 5.66. The number of hydrogen-bond acceptors (Lipinski definition) is 1. The lowest BCUT2D eigenvalue weighted by atomic mass is 9.90. The van der Waals surface area contributed by atoms with E-state index >= 15 is 0 Å². The third-order valence-corrected chi connectivity index (χ3v) is 2.92. The zero-order valence-electron chi connectivity index (χ0n) is 12.1. The summed E-state index contributed by atoms with van der Waals surface area (Å²) in [6, 6.07) is 0. The van der Waals surface area contributed by atoms with Gasteiger partial charge in [-0.05, 0) is 30.3 Å². The molecule has 94 valence electrons. The van der Waals surface area contributed by atoms with Crippen LogP contribution in [0.2, 0.25) is 0 Å². The third kappa shape index (κ3) is 4.87. The van der Waals surface area contributed by atoms with Crippen LogP contribution in [0, 0.1) is 17.8 Å². The lowest BCUT2D eigenvalue weighted by molar-refractivity contribution is 0.586. The largest absolute Gasteiger partial charge is 0.385 e. The van der Waals surface area contributed by atoms with Gasteiger partial charge in [0, 0.05) is 12.2 Å². The van der Waals surface area contributed by atoms with E-state index in [2.05, 4.69) is 60.4 Å². The van der Waals surface area contributed by atoms with Gasteiger partial charge in [-0.3, -0.25) is 0 Å². The Balaban J connectivity index is 4.81. The zero-order valence-corrected chi connectivity index (χ0v) is 12.1. The molecule has 0 unspecified atom stereocenters. The number of hydrogen-bond donors (Lipinski definition) is 1. The first kappa shape index (κ1) is 15.3. The first-order chi connectivity index (χ1) is 7.27. The molecule has 0 fully saturated rings. The maximum atomic E-state index is 4.18. The summed E-state index contributed by atoms with van der Waals surface area (Å²) in [7, 11) is 0. The summed E-state index contributed by atoms with van der Waals surface area (Å²) < 4.78 is 0. The fraction of sp³-hybridized carbons (Fsp3) is 0.733. The van der Waals surface area contributed by atoms with E-state index < -0.39 is 0 Å². The molecule has 0 aliphatic rings. The van der Waals surface area contributed by atoms with Crippen molar-refractivity contribution in [3.63, 3.8) is 0 Å². The van der Waals surface area contributed by atoms with E-state index in [0.29, 0.717) is 17.8 Å². The Labute approximate surface area is 102 Å². The van der Waals surface area contributed by atoms with Crippen LogP contribution in [-0.2, 0) is 0 Å². The van der Waals surface area contributed by atoms with E-state index in [1.165, 1.54) is 11.1 Å². The van der Waals surface area contributed by atoms with Gasteiger partial charge < -0.3 is 5.32 Å². The molecule has 0 bridgehead atoms. The molecule has 0 spiro atoms. The van der Waals surface area contributed by atoms with Crippen LogP contribution in [0.4, 0.5) is 0 Å². The molecule has 0 amide bonds. The predicted octanol–water partition coefficient (Wildman–Crippen LogP) is 4.37. The van der Waals surface area contributed by atoms with Crippen LogP contribution in [0.5, 0.6) is 0 Å². The molecule has 0 saturated carbocycles. The van der Waals surface area contributed by atoms with Gasteiger partial charge in [-0.2, -0.15) is 0 Å². The van der Waals surface area contributed by atoms with Crippen LogP contribution < -0.4 is 5.32 Å². The van der Waals surface area contributed by atoms with Gasteiger partial charge in [0.1, 0.15) is 0 Å². The first-order valence-electron chi connectivity index (χ1n) is 6.41. The first-order valence-corrected chi connectivity index (χ1v) is 6.41. The monoisotopic (exact) mass is 223 g/mol. The third-order valence-electron chi connectivity index (χ3n) is 2.92. The molecule has 16 heavy (non-hydrogen) atoms. The van der Waals surface area contributed by atoms with Crippen LogP contribution in [0.3, 0.4) is 0 Å². The molecule has 1 nitrogen and oxygen atoms in total. The smallest absolute Gasteiger partial charge is 0.0301 e. The molecule has 0 radical (unpaired) electrons. The molecule has 0 heterocycles. The van der Waals surface area contributed by atoms with Gasteiger partial charge in [0.15, 0.2) is 0 Å². The molecule has 0 rings (SSSR count). The minimum Gasteiger partial charge on any atom is -0.385 e. The topological polar surface area (TPSA) is 12.0 Å². The molecular formula is C15H29N. The molecule has 0 aliphatic heterocycles. The average Bonchev–Trinajstić information content (AvgIpc) is 2.13. The lowest BCUT2D eigenvalue weighted by Crippen LogP contribution is -2.22. The van der Waals surface area contributed by atoms with Crippen molar-refractivity contribution in [1.29, 1.82) is 0 Å². The lowest BCUT2D eigenvalue weighted by Gasteiger charge is -2.22. The van der Waals surface area contributed by atoms with Crippen molar-refractivity contribution in [3.05, 3.63) is 23.4 Å². The van der Waals surface area contributed by atoms with Crippen molar-refractivity contribution in [2.45, 2.75) is 48.5 Å². The Morgan fingerprint density at radius 1 is 1.00 bits per heavy atom. The number of allylic oxidation sites excluding steroid dienone is 2. The minimum atomic E-state index is 0.537. The molecule has 1 heteroatoms. The van der Waals surface area contributed by atoms with Gasteiger partial charge in [0.25, 0.3) is 0 Å². The molecule has 0 aromatic heterocycles. The quantitative estimate of drug-likeness (QED) is 0.659. The SMILES string of the molecule is C=C(NCC(C)C)/C(=C(\C)C(C)C)C(C)C. The fourth-order valence-electron chi connectivity index (χ4n) is 1.78. The minimum absolute atomic E-state index is 0.537. The Hall–Kier alpha value is -0.720. The summed E-state index contributed by atoms with van der Waals surface area (Å²) >= 11 is 0. The van der Waals surface area contributed by atoms with Gasteiger partial charge in [-0.1, -0.05) is 53.7 Å². The molecule has 0 atom stereocenters. The van der Waals surface area contributed by atoms with E-state index in [1.807, 2.05) is 0 Å². The molecular weight excluding hydrogens is 194 g/mol. The van der Waals surface area contributed by atoms with E-state index in [1.54, 1.807) is 0 Å². The Kier molecular flexibility index (Phi) is 6.47. The normalized spacial score (nSPS) is 13.4. The van der Waals surface area contributed by atoms with Gasteiger partial charge in [-0.25, -0.2) is 0 Å². The highest BCUT2D eigenvalue weighted by Crippen LogP contribution is 2.25. The Morgan fingerprint density at radius 3 is 1.81 bits per heavy atom. The zero-order chi connectivity index (χ0) is 12.9. The van der Waals surface area contributed by atoms with Crippen LogP contribution >= 0.6 is 0 Å². The summed E-state index contributed by atoms with van der Waals surface area (Å²) in [5.74, 6) is 1.79. The summed E-state index contributed by atoms with van der Waals surface area (Å²) in [6.07, 6.45) is 0. The van der Waals surface area contributed by atoms with E-state index in [0.717, 1.165) is 12.2 Å². The highest BCUT2D eigenvalue weighted by molar-refractivity contribution is 5.33. The predicted molar refractivity (Wildman–Crippen MR) is 74.4 cm³/mol. The molecule has 0 aromatic carbocycles. The highest BCUT2D eigenvalue weighted by Gasteiger charge is 2.13. The highest BCUT2D eigenvalue weighted by atomic mass is 14.9. The van der Waals surface area contributed by atoms with Crippen LogP contribution in [0.1, 0.15) is 48.5 Å². The van der Waals surface area contributed by atoms with Crippen molar-refractivity contribution >= 4 is 0 Å². The summed E-state index contributed by atoms with van der Waals surface area (Å²) in [5, 5.41) is 3.45. The maximum Gasteiger partial charge on any atom is 0.0301 e. The average molecular weight is 223 g/mol. The molecule has 1 N–H and O–H groups in total. The van der Waals surface area contributed by atoms with E-state index in [9.17, 15) is 0 Å². The second-order valence-corrected chi connectivity index (χ2v) is 5.66. The number of rotatable bonds is 6. The van der Waals surface area contributed by atoms with Crippen LogP contribution in [0.15, 0.2) is 23.4 Å². The maximum absolute atomic E-state index is 4.18. The van der Waals surface area contributed by atoms with Crippen LogP contribution in [-0.4, -0.2) is 6.54 Å². The standard InChI is InChI=1S/C15H29N/c1-10(2)9-16-14(8)15(12(5)6)13(7)11(3)4/h10-12,16H,8-9H2,1-7H3/b15-13+. The van der Waals surface area contributed by atoms with Crippen molar-refractivity contribution in [2.24, 2.45) is 17.8 Å². The molecule has 0 aromatic rings. The fourth-order valence-corrected chi connectivity index (χ4v) is 1.78. The Morgan fingerprint density at radius 2 is 1.50 bits per heavy atom. The van der Waals surface area contributed by atoms with Gasteiger partial charge in [0.2, 0.25) is 0 Å². The van der Waals surface area contributed by atoms with Gasteiger partial charge >= 0.3 is 0 Å². The van der Waals surface area contributed by atoms with Crippen molar-refractivity contribution in [2.75, 3.05) is 6.54 Å². The van der Waals surface area contributed by atoms with Gasteiger partial charge in [-0.15, -0.1) is 0 Å². The van der Waals surface area contributed by atoms with E-state index in [4.69, 9.17) is 0 Å². The summed E-state index contributed by atoms with van der Waals surface area (Å²) in [5.41, 5.74) is 3.96. The van der Waals surface area contributed by atoms with Crippen LogP contribution in [0.25, 0.3) is 0 Å². The number of nitrogens with one attached hydrogen (secondary N) is 1. The molecule has 0 aliphatic carbocycles. The van der Waals surface area contributed by atoms with Crippen molar-refractivity contribution in [1.82, 2.24) is 5.32 Å². The van der Waals surface area contributed by atoms with Gasteiger partial charge in [0.05, 0.1) is 0 Å². The van der Waals surface area contributed by atoms with Crippen molar-refractivity contribution < 1.29 is 0 Å².